The van der Waals surface area contributed by atoms with E-state index in [1.54, 1.807) is 16.8 Å². The highest BCUT2D eigenvalue weighted by molar-refractivity contribution is 7.89. The standard InChI is InChI=1S/C17H26N4O4S/c1-14(22)20-10-12-21(13-11-20)26(24,25)16-6-4-15(5-7-16)17(23)19(3)9-8-18-2/h4-7,18H,8-13H2,1-3H3. The number of sulfonamides is 1. The summed E-state index contributed by atoms with van der Waals surface area (Å²) in [7, 11) is -0.107. The Hall–Kier alpha value is -1.97. The number of carbonyl (C=O) groups excluding carboxylic acids is 2. The first-order chi connectivity index (χ1) is 12.3. The van der Waals surface area contributed by atoms with Crippen LogP contribution in [0.15, 0.2) is 29.2 Å². The van der Waals surface area contributed by atoms with Crippen LogP contribution in [0, 0.1) is 0 Å². The van der Waals surface area contributed by atoms with E-state index in [4.69, 9.17) is 0 Å². The van der Waals surface area contributed by atoms with E-state index in [1.165, 1.54) is 35.5 Å². The van der Waals surface area contributed by atoms with Crippen molar-refractivity contribution in [3.05, 3.63) is 29.8 Å². The van der Waals surface area contributed by atoms with Crippen molar-refractivity contribution in [2.75, 3.05) is 53.4 Å². The number of hydrogen-bond acceptors (Lipinski definition) is 5. The minimum Gasteiger partial charge on any atom is -0.340 e. The van der Waals surface area contributed by atoms with Gasteiger partial charge in [-0.15, -0.1) is 0 Å². The molecule has 1 aromatic rings. The monoisotopic (exact) mass is 382 g/mol. The molecule has 1 aromatic carbocycles. The SMILES string of the molecule is CNCCN(C)C(=O)c1ccc(S(=O)(=O)N2CCN(C(C)=O)CC2)cc1. The second kappa shape index (κ2) is 8.61. The molecule has 26 heavy (non-hydrogen) atoms. The quantitative estimate of drug-likeness (QED) is 0.738. The van der Waals surface area contributed by atoms with Gasteiger partial charge < -0.3 is 15.1 Å². The molecule has 1 aliphatic heterocycles. The number of likely N-dealkylation sites (N-methyl/N-ethyl adjacent to an activating group) is 2. The largest absolute Gasteiger partial charge is 0.340 e. The van der Waals surface area contributed by atoms with Gasteiger partial charge in [-0.25, -0.2) is 8.42 Å². The van der Waals surface area contributed by atoms with Crippen molar-refractivity contribution < 1.29 is 18.0 Å². The highest BCUT2D eigenvalue weighted by Gasteiger charge is 2.29. The highest BCUT2D eigenvalue weighted by Crippen LogP contribution is 2.19. The Labute approximate surface area is 154 Å². The van der Waals surface area contributed by atoms with Crippen LogP contribution in [0.5, 0.6) is 0 Å². The Morgan fingerprint density at radius 1 is 1.12 bits per heavy atom. The molecule has 0 saturated carbocycles. The fourth-order valence-corrected chi connectivity index (χ4v) is 4.19. The summed E-state index contributed by atoms with van der Waals surface area (Å²) >= 11 is 0. The van der Waals surface area contributed by atoms with Crippen molar-refractivity contribution in [3.8, 4) is 0 Å². The molecule has 0 aliphatic carbocycles. The average Bonchev–Trinajstić information content (AvgIpc) is 2.65. The molecule has 8 nitrogen and oxygen atoms in total. The van der Waals surface area contributed by atoms with Crippen molar-refractivity contribution in [1.29, 1.82) is 0 Å². The Balaban J connectivity index is 2.07. The van der Waals surface area contributed by atoms with Gasteiger partial charge in [-0.05, 0) is 31.3 Å². The first-order valence-corrected chi connectivity index (χ1v) is 9.97. The lowest BCUT2D eigenvalue weighted by molar-refractivity contribution is -0.129. The van der Waals surface area contributed by atoms with Gasteiger partial charge in [0, 0.05) is 58.8 Å². The summed E-state index contributed by atoms with van der Waals surface area (Å²) in [6, 6.07) is 6.01. The minimum absolute atomic E-state index is 0.0488. The lowest BCUT2D eigenvalue weighted by Crippen LogP contribution is -2.49. The summed E-state index contributed by atoms with van der Waals surface area (Å²) in [5, 5.41) is 2.98. The normalized spacial score (nSPS) is 15.7. The van der Waals surface area contributed by atoms with Crippen LogP contribution in [-0.4, -0.2) is 87.7 Å². The molecule has 1 heterocycles. The minimum atomic E-state index is -3.63. The maximum absolute atomic E-state index is 12.7. The molecule has 1 N–H and O–H groups in total. The van der Waals surface area contributed by atoms with Crippen LogP contribution in [0.4, 0.5) is 0 Å². The molecule has 9 heteroatoms. The van der Waals surface area contributed by atoms with Crippen LogP contribution in [-0.2, 0) is 14.8 Å². The summed E-state index contributed by atoms with van der Waals surface area (Å²) in [6.45, 7) is 4.05. The number of hydrogen-bond donors (Lipinski definition) is 1. The third kappa shape index (κ3) is 4.60. The van der Waals surface area contributed by atoms with Gasteiger partial charge in [-0.3, -0.25) is 9.59 Å². The second-order valence-electron chi connectivity index (χ2n) is 6.26. The maximum atomic E-state index is 12.7. The Morgan fingerprint density at radius 3 is 2.19 bits per heavy atom. The molecule has 0 atom stereocenters. The molecular weight excluding hydrogens is 356 g/mol. The summed E-state index contributed by atoms with van der Waals surface area (Å²) in [6.07, 6.45) is 0. The van der Waals surface area contributed by atoms with E-state index >= 15 is 0 Å². The molecule has 0 spiro atoms. The first kappa shape index (κ1) is 20.3. The molecular formula is C17H26N4O4S. The molecule has 144 valence electrons. The lowest BCUT2D eigenvalue weighted by Gasteiger charge is -2.33. The molecule has 0 unspecified atom stereocenters. The predicted octanol–water partition coefficient (Wildman–Crippen LogP) is -0.169. The van der Waals surface area contributed by atoms with Gasteiger partial charge in [0.15, 0.2) is 0 Å². The molecule has 2 amide bonds. The molecule has 0 bridgehead atoms. The van der Waals surface area contributed by atoms with E-state index in [2.05, 4.69) is 5.32 Å². The summed E-state index contributed by atoms with van der Waals surface area (Å²) in [4.78, 5) is 27.1. The number of carbonyl (C=O) groups is 2. The van der Waals surface area contributed by atoms with Gasteiger partial charge >= 0.3 is 0 Å². The number of piperazine rings is 1. The van der Waals surface area contributed by atoms with Crippen LogP contribution >= 0.6 is 0 Å². The van der Waals surface area contributed by atoms with Crippen molar-refractivity contribution in [2.24, 2.45) is 0 Å². The van der Waals surface area contributed by atoms with Gasteiger partial charge in [0.2, 0.25) is 15.9 Å². The lowest BCUT2D eigenvalue weighted by atomic mass is 10.2. The first-order valence-electron chi connectivity index (χ1n) is 8.53. The fourth-order valence-electron chi connectivity index (χ4n) is 2.76. The third-order valence-electron chi connectivity index (χ3n) is 4.47. The van der Waals surface area contributed by atoms with Gasteiger partial charge in [0.25, 0.3) is 5.91 Å². The zero-order valence-corrected chi connectivity index (χ0v) is 16.3. The smallest absolute Gasteiger partial charge is 0.253 e. The van der Waals surface area contributed by atoms with E-state index in [1.807, 2.05) is 7.05 Å². The maximum Gasteiger partial charge on any atom is 0.253 e. The van der Waals surface area contributed by atoms with E-state index in [9.17, 15) is 18.0 Å². The van der Waals surface area contributed by atoms with Crippen molar-refractivity contribution in [2.45, 2.75) is 11.8 Å². The number of rotatable bonds is 6. The van der Waals surface area contributed by atoms with Crippen molar-refractivity contribution in [1.82, 2.24) is 19.4 Å². The molecule has 1 fully saturated rings. The highest BCUT2D eigenvalue weighted by atomic mass is 32.2. The number of benzene rings is 1. The van der Waals surface area contributed by atoms with E-state index in [0.717, 1.165) is 0 Å². The van der Waals surface area contributed by atoms with Gasteiger partial charge in [-0.1, -0.05) is 0 Å². The van der Waals surface area contributed by atoms with E-state index < -0.39 is 10.0 Å². The number of nitrogens with zero attached hydrogens (tertiary/aromatic N) is 3. The molecule has 0 radical (unpaired) electrons. The zero-order chi connectivity index (χ0) is 19.3. The van der Waals surface area contributed by atoms with E-state index in [0.29, 0.717) is 31.7 Å². The van der Waals surface area contributed by atoms with Gasteiger partial charge in [0.05, 0.1) is 4.90 Å². The zero-order valence-electron chi connectivity index (χ0n) is 15.4. The Morgan fingerprint density at radius 2 is 1.69 bits per heavy atom. The predicted molar refractivity (Wildman–Crippen MR) is 98.3 cm³/mol. The third-order valence-corrected chi connectivity index (χ3v) is 6.38. The van der Waals surface area contributed by atoms with Crippen LogP contribution in [0.3, 0.4) is 0 Å². The van der Waals surface area contributed by atoms with Gasteiger partial charge in [-0.2, -0.15) is 4.31 Å². The average molecular weight is 382 g/mol. The van der Waals surface area contributed by atoms with E-state index in [-0.39, 0.29) is 29.8 Å². The summed E-state index contributed by atoms with van der Waals surface area (Å²) in [5.74, 6) is -0.202. The Bertz CT molecular complexity index is 741. The van der Waals surface area contributed by atoms with Crippen LogP contribution in [0.2, 0.25) is 0 Å². The topological polar surface area (TPSA) is 90.0 Å². The fraction of sp³-hybridized carbons (Fsp3) is 0.529. The van der Waals surface area contributed by atoms with Crippen LogP contribution in [0.25, 0.3) is 0 Å². The number of nitrogens with one attached hydrogen (secondary N) is 1. The second-order valence-corrected chi connectivity index (χ2v) is 8.20. The Kier molecular flexibility index (Phi) is 6.74. The summed E-state index contributed by atoms with van der Waals surface area (Å²) in [5.41, 5.74) is 0.448. The van der Waals surface area contributed by atoms with Crippen molar-refractivity contribution in [3.63, 3.8) is 0 Å². The summed E-state index contributed by atoms with van der Waals surface area (Å²) < 4.78 is 26.9. The van der Waals surface area contributed by atoms with Crippen LogP contribution < -0.4 is 5.32 Å². The molecule has 1 aliphatic rings. The molecule has 1 saturated heterocycles. The van der Waals surface area contributed by atoms with Gasteiger partial charge in [0.1, 0.15) is 0 Å². The molecule has 2 rings (SSSR count). The van der Waals surface area contributed by atoms with Crippen molar-refractivity contribution >= 4 is 21.8 Å². The van der Waals surface area contributed by atoms with Crippen LogP contribution in [0.1, 0.15) is 17.3 Å². The molecule has 0 aromatic heterocycles. The number of amides is 2.